The molecule has 0 fully saturated rings. The van der Waals surface area contributed by atoms with E-state index in [9.17, 15) is 9.59 Å². The molecule has 4 nitrogen and oxygen atoms in total. The summed E-state index contributed by atoms with van der Waals surface area (Å²) in [6.45, 7) is 3.85. The normalized spacial score (nSPS) is 11.0. The Labute approximate surface area is 170 Å². The van der Waals surface area contributed by atoms with E-state index < -0.39 is 11.4 Å². The van der Waals surface area contributed by atoms with Crippen molar-refractivity contribution in [1.82, 2.24) is 0 Å². The molecule has 0 saturated carbocycles. The van der Waals surface area contributed by atoms with Crippen molar-refractivity contribution in [2.75, 3.05) is 0 Å². The molecule has 140 valence electrons. The Hall–Kier alpha value is -2.89. The molecule has 2 aromatic carbocycles. The fraction of sp³-hybridized carbons (Fsp3) is 0.0909. The number of thiophene rings is 1. The van der Waals surface area contributed by atoms with Crippen molar-refractivity contribution in [3.05, 3.63) is 85.2 Å². The van der Waals surface area contributed by atoms with E-state index in [4.69, 9.17) is 20.8 Å². The maximum atomic E-state index is 13.2. The topological polar surface area (TPSA) is 56.5 Å². The van der Waals surface area contributed by atoms with Crippen molar-refractivity contribution in [3.63, 3.8) is 0 Å². The van der Waals surface area contributed by atoms with Gasteiger partial charge in [-0.05, 0) is 60.7 Å². The van der Waals surface area contributed by atoms with Gasteiger partial charge < -0.3 is 9.15 Å². The molecule has 0 unspecified atom stereocenters. The molecule has 2 aromatic heterocycles. The number of hydrogen-bond acceptors (Lipinski definition) is 5. The van der Waals surface area contributed by atoms with Crippen LogP contribution < -0.4 is 10.2 Å². The van der Waals surface area contributed by atoms with Crippen LogP contribution in [0.15, 0.2) is 63.1 Å². The van der Waals surface area contributed by atoms with Gasteiger partial charge in [-0.2, -0.15) is 0 Å². The van der Waals surface area contributed by atoms with Crippen LogP contribution in [0, 0.1) is 13.8 Å². The van der Waals surface area contributed by atoms with E-state index in [2.05, 4.69) is 0 Å². The number of benzene rings is 2. The minimum atomic E-state index is -0.612. The Kier molecular flexibility index (Phi) is 4.79. The van der Waals surface area contributed by atoms with E-state index in [-0.39, 0.29) is 11.5 Å². The third-order valence-corrected chi connectivity index (χ3v) is 5.68. The molecule has 0 saturated heterocycles. The summed E-state index contributed by atoms with van der Waals surface area (Å²) < 4.78 is 11.6. The monoisotopic (exact) mass is 410 g/mol. The van der Waals surface area contributed by atoms with Gasteiger partial charge in [0.15, 0.2) is 5.76 Å². The van der Waals surface area contributed by atoms with Crippen LogP contribution in [0.5, 0.6) is 5.75 Å². The van der Waals surface area contributed by atoms with Gasteiger partial charge in [0.2, 0.25) is 11.2 Å². The SMILES string of the molecule is Cc1cc2oc(-c3ccccc3Cl)c(OC(=O)c3cccs3)c(=O)c2cc1C. The number of carbonyl (C=O) groups is 1. The number of hydrogen-bond donors (Lipinski definition) is 0. The summed E-state index contributed by atoms with van der Waals surface area (Å²) >= 11 is 7.56. The van der Waals surface area contributed by atoms with Gasteiger partial charge in [0, 0.05) is 5.56 Å². The maximum Gasteiger partial charge on any atom is 0.353 e. The zero-order valence-corrected chi connectivity index (χ0v) is 16.7. The zero-order valence-electron chi connectivity index (χ0n) is 15.1. The molecule has 0 aliphatic carbocycles. The molecule has 0 N–H and O–H groups in total. The second kappa shape index (κ2) is 7.26. The third kappa shape index (κ3) is 3.23. The first-order valence-electron chi connectivity index (χ1n) is 8.54. The van der Waals surface area contributed by atoms with Crippen molar-refractivity contribution in [1.29, 1.82) is 0 Å². The Morgan fingerprint density at radius 2 is 1.82 bits per heavy atom. The Morgan fingerprint density at radius 3 is 2.54 bits per heavy atom. The summed E-state index contributed by atoms with van der Waals surface area (Å²) in [6, 6.07) is 13.9. The number of aryl methyl sites for hydroxylation is 2. The molecule has 0 aliphatic heterocycles. The highest BCUT2D eigenvalue weighted by Gasteiger charge is 2.23. The lowest BCUT2D eigenvalue weighted by atomic mass is 10.0. The van der Waals surface area contributed by atoms with Gasteiger partial charge >= 0.3 is 5.97 Å². The van der Waals surface area contributed by atoms with Gasteiger partial charge in [0.05, 0.1) is 10.4 Å². The predicted molar refractivity (Wildman–Crippen MR) is 112 cm³/mol. The van der Waals surface area contributed by atoms with Crippen molar-refractivity contribution in [3.8, 4) is 17.1 Å². The summed E-state index contributed by atoms with van der Waals surface area (Å²) in [5.74, 6) is -0.641. The summed E-state index contributed by atoms with van der Waals surface area (Å²) in [4.78, 5) is 26.1. The molecule has 4 aromatic rings. The highest BCUT2D eigenvalue weighted by Crippen LogP contribution is 2.36. The quantitative estimate of drug-likeness (QED) is 0.388. The number of esters is 1. The van der Waals surface area contributed by atoms with E-state index in [1.165, 1.54) is 11.3 Å². The lowest BCUT2D eigenvalue weighted by molar-refractivity contribution is 0.0736. The average Bonchev–Trinajstić information content (AvgIpc) is 3.21. The second-order valence-corrected chi connectivity index (χ2v) is 7.72. The van der Waals surface area contributed by atoms with Crippen LogP contribution in [0.4, 0.5) is 0 Å². The van der Waals surface area contributed by atoms with E-state index in [0.29, 0.717) is 26.4 Å². The number of halogens is 1. The molecule has 6 heteroatoms. The van der Waals surface area contributed by atoms with Gasteiger partial charge in [0.25, 0.3) is 0 Å². The van der Waals surface area contributed by atoms with Crippen molar-refractivity contribution < 1.29 is 13.9 Å². The largest absolute Gasteiger partial charge is 0.452 e. The molecule has 0 atom stereocenters. The Balaban J connectivity index is 1.99. The van der Waals surface area contributed by atoms with Gasteiger partial charge in [-0.25, -0.2) is 4.79 Å². The highest BCUT2D eigenvalue weighted by atomic mass is 35.5. The zero-order chi connectivity index (χ0) is 19.8. The molecular weight excluding hydrogens is 396 g/mol. The van der Waals surface area contributed by atoms with Crippen LogP contribution in [0.2, 0.25) is 5.02 Å². The second-order valence-electron chi connectivity index (χ2n) is 6.37. The van der Waals surface area contributed by atoms with Crippen LogP contribution in [0.3, 0.4) is 0 Å². The van der Waals surface area contributed by atoms with Crippen LogP contribution in [-0.4, -0.2) is 5.97 Å². The minimum Gasteiger partial charge on any atom is -0.452 e. The number of carbonyl (C=O) groups excluding carboxylic acids is 1. The predicted octanol–water partition coefficient (Wildman–Crippen LogP) is 6.01. The maximum absolute atomic E-state index is 13.2. The highest BCUT2D eigenvalue weighted by molar-refractivity contribution is 7.12. The van der Waals surface area contributed by atoms with Gasteiger partial charge in [-0.1, -0.05) is 29.8 Å². The van der Waals surface area contributed by atoms with E-state index >= 15 is 0 Å². The minimum absolute atomic E-state index is 0.135. The summed E-state index contributed by atoms with van der Waals surface area (Å²) in [6.07, 6.45) is 0. The molecule has 0 aliphatic rings. The summed E-state index contributed by atoms with van der Waals surface area (Å²) in [5, 5.41) is 2.51. The molecule has 2 heterocycles. The van der Waals surface area contributed by atoms with Gasteiger partial charge in [0.1, 0.15) is 10.5 Å². The first kappa shape index (κ1) is 18.5. The van der Waals surface area contributed by atoms with Crippen LogP contribution in [0.1, 0.15) is 20.8 Å². The van der Waals surface area contributed by atoms with Crippen LogP contribution in [-0.2, 0) is 0 Å². The van der Waals surface area contributed by atoms with Crippen LogP contribution in [0.25, 0.3) is 22.3 Å². The standard InChI is InChI=1S/C22H15ClO4S/c1-12-10-15-17(11-13(12)2)26-20(14-6-3-4-7-16(14)23)21(19(15)24)27-22(25)18-8-5-9-28-18/h3-11H,1-2H3. The summed E-state index contributed by atoms with van der Waals surface area (Å²) in [7, 11) is 0. The van der Waals surface area contributed by atoms with Gasteiger partial charge in [-0.3, -0.25) is 4.79 Å². The number of rotatable bonds is 3. The molecular formula is C22H15ClO4S. The fourth-order valence-electron chi connectivity index (χ4n) is 2.89. The first-order valence-corrected chi connectivity index (χ1v) is 9.80. The van der Waals surface area contributed by atoms with E-state index in [1.54, 1.807) is 53.9 Å². The fourth-order valence-corrected chi connectivity index (χ4v) is 3.71. The Morgan fingerprint density at radius 1 is 1.07 bits per heavy atom. The van der Waals surface area contributed by atoms with Crippen molar-refractivity contribution >= 4 is 39.9 Å². The molecule has 28 heavy (non-hydrogen) atoms. The first-order chi connectivity index (χ1) is 13.5. The average molecular weight is 411 g/mol. The molecule has 4 rings (SSSR count). The number of fused-ring (bicyclic) bond motifs is 1. The van der Waals surface area contributed by atoms with Crippen molar-refractivity contribution in [2.45, 2.75) is 13.8 Å². The molecule has 0 bridgehead atoms. The number of ether oxygens (including phenoxy) is 1. The lowest BCUT2D eigenvalue weighted by Gasteiger charge is -2.12. The van der Waals surface area contributed by atoms with Crippen molar-refractivity contribution in [2.24, 2.45) is 0 Å². The molecule has 0 spiro atoms. The van der Waals surface area contributed by atoms with Crippen LogP contribution >= 0.6 is 22.9 Å². The smallest absolute Gasteiger partial charge is 0.353 e. The Bertz CT molecular complexity index is 1260. The lowest BCUT2D eigenvalue weighted by Crippen LogP contribution is -2.15. The third-order valence-electron chi connectivity index (χ3n) is 4.50. The van der Waals surface area contributed by atoms with Gasteiger partial charge in [-0.15, -0.1) is 11.3 Å². The molecule has 0 amide bonds. The van der Waals surface area contributed by atoms with E-state index in [1.807, 2.05) is 13.8 Å². The van der Waals surface area contributed by atoms with E-state index in [0.717, 1.165) is 11.1 Å². The summed E-state index contributed by atoms with van der Waals surface area (Å²) in [5.41, 5.74) is 2.42. The molecule has 0 radical (unpaired) electrons.